The number of hydrogen-bond acceptors (Lipinski definition) is 5. The highest BCUT2D eigenvalue weighted by Gasteiger charge is 2.10. The number of fused-ring (bicyclic) bond motifs is 1. The van der Waals surface area contributed by atoms with E-state index in [1.807, 2.05) is 43.3 Å². The van der Waals surface area contributed by atoms with E-state index in [2.05, 4.69) is 16.4 Å². The fourth-order valence-electron chi connectivity index (χ4n) is 2.19. The van der Waals surface area contributed by atoms with Crippen LogP contribution in [-0.2, 0) is 16.4 Å². The van der Waals surface area contributed by atoms with Gasteiger partial charge in [-0.1, -0.05) is 18.2 Å². The van der Waals surface area contributed by atoms with Gasteiger partial charge in [-0.25, -0.2) is 13.4 Å². The first-order chi connectivity index (χ1) is 9.89. The SMILES string of the molecule is CNc1nc2ccccc2cc1CN(C)CCS(C)(=O)=O. The first kappa shape index (κ1) is 15.7. The van der Waals surface area contributed by atoms with Crippen LogP contribution in [-0.4, -0.2) is 51.0 Å². The van der Waals surface area contributed by atoms with Crippen LogP contribution in [0.25, 0.3) is 10.9 Å². The molecule has 2 aromatic rings. The molecule has 0 aliphatic carbocycles. The molecule has 1 aromatic carbocycles. The molecular weight excluding hydrogens is 286 g/mol. The molecule has 1 heterocycles. The first-order valence-electron chi connectivity index (χ1n) is 6.82. The summed E-state index contributed by atoms with van der Waals surface area (Å²) < 4.78 is 22.5. The topological polar surface area (TPSA) is 62.3 Å². The van der Waals surface area contributed by atoms with E-state index >= 15 is 0 Å². The van der Waals surface area contributed by atoms with E-state index < -0.39 is 9.84 Å². The van der Waals surface area contributed by atoms with Crippen molar-refractivity contribution in [1.82, 2.24) is 9.88 Å². The van der Waals surface area contributed by atoms with Crippen molar-refractivity contribution < 1.29 is 8.42 Å². The maximum atomic E-state index is 11.2. The second-order valence-electron chi connectivity index (χ2n) is 5.31. The Morgan fingerprint density at radius 1 is 1.29 bits per heavy atom. The summed E-state index contributed by atoms with van der Waals surface area (Å²) in [4.78, 5) is 6.59. The van der Waals surface area contributed by atoms with Gasteiger partial charge in [-0.05, 0) is 19.2 Å². The van der Waals surface area contributed by atoms with Gasteiger partial charge in [0.05, 0.1) is 11.3 Å². The largest absolute Gasteiger partial charge is 0.373 e. The number of anilines is 1. The summed E-state index contributed by atoms with van der Waals surface area (Å²) in [6.45, 7) is 1.17. The number of aromatic nitrogens is 1. The lowest BCUT2D eigenvalue weighted by Gasteiger charge is -2.18. The number of para-hydroxylation sites is 1. The Hall–Kier alpha value is -1.66. The van der Waals surface area contributed by atoms with Crippen molar-refractivity contribution in [1.29, 1.82) is 0 Å². The molecule has 0 aliphatic heterocycles. The molecule has 0 fully saturated rings. The zero-order chi connectivity index (χ0) is 15.5. The number of hydrogen-bond donors (Lipinski definition) is 1. The fourth-order valence-corrected chi connectivity index (χ4v) is 2.83. The van der Waals surface area contributed by atoms with Crippen molar-refractivity contribution >= 4 is 26.6 Å². The van der Waals surface area contributed by atoms with E-state index in [0.29, 0.717) is 13.1 Å². The minimum atomic E-state index is -2.93. The second kappa shape index (κ2) is 6.41. The van der Waals surface area contributed by atoms with Gasteiger partial charge in [0.15, 0.2) is 0 Å². The summed E-state index contributed by atoms with van der Waals surface area (Å²) in [5, 5.41) is 4.20. The third kappa shape index (κ3) is 4.41. The summed E-state index contributed by atoms with van der Waals surface area (Å²) in [6.07, 6.45) is 1.26. The quantitative estimate of drug-likeness (QED) is 0.881. The lowest BCUT2D eigenvalue weighted by atomic mass is 10.1. The number of pyridine rings is 1. The molecular formula is C15H21N3O2S. The summed E-state index contributed by atoms with van der Waals surface area (Å²) >= 11 is 0. The Balaban J connectivity index is 2.20. The van der Waals surface area contributed by atoms with E-state index in [-0.39, 0.29) is 5.75 Å². The number of nitrogens with zero attached hydrogens (tertiary/aromatic N) is 2. The van der Waals surface area contributed by atoms with Crippen LogP contribution >= 0.6 is 0 Å². The Morgan fingerprint density at radius 3 is 2.67 bits per heavy atom. The predicted octanol–water partition coefficient (Wildman–Crippen LogP) is 1.75. The highest BCUT2D eigenvalue weighted by atomic mass is 32.2. The van der Waals surface area contributed by atoms with Crippen LogP contribution in [0.2, 0.25) is 0 Å². The highest BCUT2D eigenvalue weighted by molar-refractivity contribution is 7.90. The van der Waals surface area contributed by atoms with Crippen molar-refractivity contribution in [3.63, 3.8) is 0 Å². The van der Waals surface area contributed by atoms with E-state index in [9.17, 15) is 8.42 Å². The third-order valence-electron chi connectivity index (χ3n) is 3.32. The molecule has 6 heteroatoms. The Kier molecular flexibility index (Phi) is 4.80. The Labute approximate surface area is 125 Å². The number of benzene rings is 1. The molecule has 0 atom stereocenters. The van der Waals surface area contributed by atoms with Crippen molar-refractivity contribution in [2.75, 3.05) is 38.0 Å². The third-order valence-corrected chi connectivity index (χ3v) is 4.25. The van der Waals surface area contributed by atoms with Crippen LogP contribution in [0.3, 0.4) is 0 Å². The molecule has 0 bridgehead atoms. The molecule has 5 nitrogen and oxygen atoms in total. The van der Waals surface area contributed by atoms with E-state index in [1.165, 1.54) is 6.26 Å². The van der Waals surface area contributed by atoms with Crippen LogP contribution < -0.4 is 5.32 Å². The minimum Gasteiger partial charge on any atom is -0.373 e. The molecule has 0 aliphatic rings. The molecule has 0 spiro atoms. The maximum Gasteiger partial charge on any atom is 0.148 e. The normalized spacial score (nSPS) is 12.0. The Bertz CT molecular complexity index is 729. The van der Waals surface area contributed by atoms with E-state index in [0.717, 1.165) is 22.3 Å². The van der Waals surface area contributed by atoms with Crippen LogP contribution in [0.4, 0.5) is 5.82 Å². The highest BCUT2D eigenvalue weighted by Crippen LogP contribution is 2.21. The molecule has 0 saturated carbocycles. The number of rotatable bonds is 6. The monoisotopic (exact) mass is 307 g/mol. The molecule has 1 N–H and O–H groups in total. The molecule has 0 amide bonds. The van der Waals surface area contributed by atoms with Crippen LogP contribution in [0.5, 0.6) is 0 Å². The number of sulfone groups is 1. The first-order valence-corrected chi connectivity index (χ1v) is 8.88. The van der Waals surface area contributed by atoms with Crippen LogP contribution in [0.1, 0.15) is 5.56 Å². The van der Waals surface area contributed by atoms with E-state index in [1.54, 1.807) is 0 Å². The molecule has 0 unspecified atom stereocenters. The van der Waals surface area contributed by atoms with Gasteiger partial charge in [0, 0.05) is 37.3 Å². The van der Waals surface area contributed by atoms with Crippen molar-refractivity contribution in [3.05, 3.63) is 35.9 Å². The zero-order valence-electron chi connectivity index (χ0n) is 12.6. The van der Waals surface area contributed by atoms with Crippen molar-refractivity contribution in [2.45, 2.75) is 6.54 Å². The molecule has 2 rings (SSSR count). The fraction of sp³-hybridized carbons (Fsp3) is 0.400. The predicted molar refractivity (Wildman–Crippen MR) is 87.3 cm³/mol. The molecule has 114 valence electrons. The van der Waals surface area contributed by atoms with Crippen LogP contribution in [0, 0.1) is 0 Å². The van der Waals surface area contributed by atoms with Gasteiger partial charge in [-0.3, -0.25) is 0 Å². The van der Waals surface area contributed by atoms with Gasteiger partial charge in [0.25, 0.3) is 0 Å². The van der Waals surface area contributed by atoms with Gasteiger partial charge in [0.1, 0.15) is 15.7 Å². The van der Waals surface area contributed by atoms with Crippen molar-refractivity contribution in [2.24, 2.45) is 0 Å². The second-order valence-corrected chi connectivity index (χ2v) is 7.57. The number of nitrogens with one attached hydrogen (secondary N) is 1. The smallest absolute Gasteiger partial charge is 0.148 e. The Morgan fingerprint density at radius 2 is 2.00 bits per heavy atom. The maximum absolute atomic E-state index is 11.2. The summed E-state index contributed by atoms with van der Waals surface area (Å²) in [6, 6.07) is 10.1. The summed E-state index contributed by atoms with van der Waals surface area (Å²) in [5.41, 5.74) is 2.01. The van der Waals surface area contributed by atoms with Crippen molar-refractivity contribution in [3.8, 4) is 0 Å². The lowest BCUT2D eigenvalue weighted by Crippen LogP contribution is -2.25. The molecule has 21 heavy (non-hydrogen) atoms. The lowest BCUT2D eigenvalue weighted by molar-refractivity contribution is 0.346. The summed E-state index contributed by atoms with van der Waals surface area (Å²) in [5.74, 6) is 0.999. The average Bonchev–Trinajstić information content (AvgIpc) is 2.43. The molecule has 0 radical (unpaired) electrons. The summed E-state index contributed by atoms with van der Waals surface area (Å²) in [7, 11) is 0.826. The van der Waals surface area contributed by atoms with Gasteiger partial charge in [0.2, 0.25) is 0 Å². The van der Waals surface area contributed by atoms with E-state index in [4.69, 9.17) is 0 Å². The van der Waals surface area contributed by atoms with Gasteiger partial charge in [-0.15, -0.1) is 0 Å². The zero-order valence-corrected chi connectivity index (χ0v) is 13.4. The van der Waals surface area contributed by atoms with Crippen LogP contribution in [0.15, 0.2) is 30.3 Å². The van der Waals surface area contributed by atoms with Gasteiger partial charge >= 0.3 is 0 Å². The average molecular weight is 307 g/mol. The minimum absolute atomic E-state index is 0.166. The standard InChI is InChI=1S/C15H21N3O2S/c1-16-15-13(11-18(2)8-9-21(3,19)20)10-12-6-4-5-7-14(12)17-15/h4-7,10H,8-9,11H2,1-3H3,(H,16,17). The van der Waals surface area contributed by atoms with Gasteiger partial charge in [-0.2, -0.15) is 0 Å². The molecule has 0 saturated heterocycles. The molecule has 1 aromatic heterocycles. The van der Waals surface area contributed by atoms with Gasteiger partial charge < -0.3 is 10.2 Å².